The van der Waals surface area contributed by atoms with E-state index in [0.717, 1.165) is 29.1 Å². The van der Waals surface area contributed by atoms with Crippen LogP contribution in [0.4, 0.5) is 11.4 Å². The highest BCUT2D eigenvalue weighted by molar-refractivity contribution is 7.92. The summed E-state index contributed by atoms with van der Waals surface area (Å²) in [6, 6.07) is 27.9. The molecule has 1 saturated heterocycles. The summed E-state index contributed by atoms with van der Waals surface area (Å²) in [6.07, 6.45) is 2.68. The highest BCUT2D eigenvalue weighted by Gasteiger charge is 2.28. The number of ether oxygens (including phenoxy) is 1. The molecule has 0 saturated carbocycles. The molecule has 4 aromatic rings. The van der Waals surface area contributed by atoms with Gasteiger partial charge in [0.1, 0.15) is 18.0 Å². The summed E-state index contributed by atoms with van der Waals surface area (Å²) in [6.45, 7) is 2.33. The van der Waals surface area contributed by atoms with Crippen molar-refractivity contribution in [3.05, 3.63) is 109 Å². The van der Waals surface area contributed by atoms with Crippen molar-refractivity contribution < 1.29 is 26.4 Å². The first-order valence-electron chi connectivity index (χ1n) is 14.0. The van der Waals surface area contributed by atoms with Gasteiger partial charge in [0, 0.05) is 18.8 Å². The van der Waals surface area contributed by atoms with Crippen molar-refractivity contribution >= 4 is 37.3 Å². The molecule has 4 aromatic carbocycles. The maximum Gasteiger partial charge on any atom is 0.264 e. The summed E-state index contributed by atoms with van der Waals surface area (Å²) < 4.78 is 61.8. The lowest BCUT2D eigenvalue weighted by atomic mass is 10.2. The average Bonchev–Trinajstić information content (AvgIpc) is 3.02. The molecule has 0 aromatic heterocycles. The molecule has 0 unspecified atom stereocenters. The first-order chi connectivity index (χ1) is 20.6. The van der Waals surface area contributed by atoms with Gasteiger partial charge in [-0.25, -0.2) is 16.8 Å². The number of hydrogen-bond donors (Lipinski definition) is 1. The van der Waals surface area contributed by atoms with Crippen LogP contribution in [0, 0.1) is 6.92 Å². The Bertz CT molecular complexity index is 1750. The Balaban J connectivity index is 1.35. The van der Waals surface area contributed by atoms with E-state index in [1.807, 2.05) is 37.3 Å². The van der Waals surface area contributed by atoms with E-state index in [-0.39, 0.29) is 15.5 Å². The van der Waals surface area contributed by atoms with Gasteiger partial charge in [0.2, 0.25) is 15.9 Å². The highest BCUT2D eigenvalue weighted by Crippen LogP contribution is 2.29. The zero-order chi connectivity index (χ0) is 30.5. The summed E-state index contributed by atoms with van der Waals surface area (Å²) >= 11 is 0. The molecule has 0 bridgehead atoms. The van der Waals surface area contributed by atoms with Crippen molar-refractivity contribution in [2.45, 2.75) is 36.0 Å². The lowest BCUT2D eigenvalue weighted by Crippen LogP contribution is -2.38. The normalized spacial score (nSPS) is 14.2. The minimum Gasteiger partial charge on any atom is -0.457 e. The summed E-state index contributed by atoms with van der Waals surface area (Å²) in [5.41, 5.74) is 1.53. The van der Waals surface area contributed by atoms with E-state index in [0.29, 0.717) is 30.3 Å². The number of aryl methyl sites for hydroxylation is 1. The van der Waals surface area contributed by atoms with Gasteiger partial charge < -0.3 is 10.1 Å². The highest BCUT2D eigenvalue weighted by atomic mass is 32.2. The van der Waals surface area contributed by atoms with Gasteiger partial charge in [-0.05, 0) is 92.6 Å². The summed E-state index contributed by atoms with van der Waals surface area (Å²) in [5, 5.41) is 2.70. The van der Waals surface area contributed by atoms with Crippen LogP contribution in [0.15, 0.2) is 113 Å². The number of para-hydroxylation sites is 1. The van der Waals surface area contributed by atoms with Gasteiger partial charge in [0.25, 0.3) is 10.0 Å². The number of carbonyl (C=O) groups excluding carboxylic acids is 1. The minimum absolute atomic E-state index is 0.0442. The van der Waals surface area contributed by atoms with Crippen LogP contribution in [0.3, 0.4) is 0 Å². The minimum atomic E-state index is -4.12. The molecule has 0 spiro atoms. The molecule has 9 nitrogen and oxygen atoms in total. The molecule has 1 N–H and O–H groups in total. The van der Waals surface area contributed by atoms with Crippen molar-refractivity contribution in [3.63, 3.8) is 0 Å². The molecule has 43 heavy (non-hydrogen) atoms. The Kier molecular flexibility index (Phi) is 9.14. The van der Waals surface area contributed by atoms with Crippen molar-refractivity contribution in [3.8, 4) is 11.5 Å². The van der Waals surface area contributed by atoms with E-state index in [4.69, 9.17) is 4.74 Å². The van der Waals surface area contributed by atoms with Crippen molar-refractivity contribution in [1.29, 1.82) is 0 Å². The third-order valence-corrected chi connectivity index (χ3v) is 10.8. The number of anilines is 2. The van der Waals surface area contributed by atoms with Crippen molar-refractivity contribution in [2.24, 2.45) is 0 Å². The van der Waals surface area contributed by atoms with Crippen LogP contribution in [0.5, 0.6) is 11.5 Å². The first-order valence-corrected chi connectivity index (χ1v) is 16.8. The van der Waals surface area contributed by atoms with E-state index < -0.39 is 32.5 Å². The fraction of sp³-hybridized carbons (Fsp3) is 0.219. The Morgan fingerprint density at radius 1 is 0.744 bits per heavy atom. The van der Waals surface area contributed by atoms with Crippen LogP contribution in [0.25, 0.3) is 0 Å². The Morgan fingerprint density at radius 3 is 1.95 bits per heavy atom. The molecule has 1 fully saturated rings. The number of rotatable bonds is 10. The molecule has 224 valence electrons. The SMILES string of the molecule is Cc1ccc(S(=O)(=O)N(CC(=O)Nc2ccc(S(=O)(=O)N3CCCCC3)cc2)c2ccc(Oc3ccccc3)cc2)cc1. The number of nitrogens with one attached hydrogen (secondary N) is 1. The van der Waals surface area contributed by atoms with Crippen molar-refractivity contribution in [2.75, 3.05) is 29.3 Å². The standard InChI is InChI=1S/C32H33N3O6S2/c1-25-10-18-31(19-11-25)43(39,40)35(27-14-16-29(17-15-27)41-28-8-4-2-5-9-28)24-32(36)33-26-12-20-30(21-13-26)42(37,38)34-22-6-3-7-23-34/h2,4-5,8-21H,3,6-7,22-24H2,1H3,(H,33,36). The van der Waals surface area contributed by atoms with Crippen LogP contribution in [-0.2, 0) is 24.8 Å². The fourth-order valence-electron chi connectivity index (χ4n) is 4.75. The maximum absolute atomic E-state index is 13.8. The topological polar surface area (TPSA) is 113 Å². The molecule has 1 aliphatic rings. The van der Waals surface area contributed by atoms with E-state index in [2.05, 4.69) is 5.32 Å². The van der Waals surface area contributed by atoms with E-state index in [1.165, 1.54) is 40.7 Å². The molecule has 1 aliphatic heterocycles. The van der Waals surface area contributed by atoms with Gasteiger partial charge in [0.05, 0.1) is 15.5 Å². The third-order valence-electron chi connectivity index (χ3n) is 7.09. The maximum atomic E-state index is 13.8. The van der Waals surface area contributed by atoms with E-state index in [9.17, 15) is 21.6 Å². The predicted octanol–water partition coefficient (Wildman–Crippen LogP) is 5.80. The number of amides is 1. The number of piperidine rings is 1. The second-order valence-corrected chi connectivity index (χ2v) is 14.1. The molecule has 1 heterocycles. The second kappa shape index (κ2) is 13.0. The number of sulfonamides is 2. The Morgan fingerprint density at radius 2 is 1.33 bits per heavy atom. The van der Waals surface area contributed by atoms with Crippen LogP contribution in [-0.4, -0.2) is 46.7 Å². The smallest absolute Gasteiger partial charge is 0.264 e. The molecule has 0 aliphatic carbocycles. The third kappa shape index (κ3) is 7.24. The van der Waals surface area contributed by atoms with Gasteiger partial charge >= 0.3 is 0 Å². The van der Waals surface area contributed by atoms with Crippen LogP contribution >= 0.6 is 0 Å². The Labute approximate surface area is 252 Å². The fourth-order valence-corrected chi connectivity index (χ4v) is 7.69. The summed E-state index contributed by atoms with van der Waals surface area (Å²) in [7, 11) is -7.74. The second-order valence-electron chi connectivity index (χ2n) is 10.3. The van der Waals surface area contributed by atoms with Gasteiger partial charge in [-0.3, -0.25) is 9.10 Å². The summed E-state index contributed by atoms with van der Waals surface area (Å²) in [4.78, 5) is 13.4. The van der Waals surface area contributed by atoms with E-state index in [1.54, 1.807) is 36.4 Å². The lowest BCUT2D eigenvalue weighted by Gasteiger charge is -2.26. The van der Waals surface area contributed by atoms with E-state index >= 15 is 0 Å². The van der Waals surface area contributed by atoms with Crippen LogP contribution in [0.1, 0.15) is 24.8 Å². The molecular formula is C32H33N3O6S2. The molecule has 0 radical (unpaired) electrons. The zero-order valence-corrected chi connectivity index (χ0v) is 25.4. The van der Waals surface area contributed by atoms with Gasteiger partial charge in [-0.1, -0.05) is 42.3 Å². The Hall–Kier alpha value is -4.19. The zero-order valence-electron chi connectivity index (χ0n) is 23.7. The molecule has 11 heteroatoms. The van der Waals surface area contributed by atoms with Gasteiger partial charge in [-0.15, -0.1) is 0 Å². The largest absolute Gasteiger partial charge is 0.457 e. The first kappa shape index (κ1) is 30.3. The number of benzene rings is 4. The predicted molar refractivity (Wildman–Crippen MR) is 166 cm³/mol. The number of carbonyl (C=O) groups is 1. The van der Waals surface area contributed by atoms with Crippen LogP contribution < -0.4 is 14.4 Å². The van der Waals surface area contributed by atoms with Crippen LogP contribution in [0.2, 0.25) is 0 Å². The quantitative estimate of drug-likeness (QED) is 0.240. The number of nitrogens with zero attached hydrogens (tertiary/aromatic N) is 2. The summed E-state index contributed by atoms with van der Waals surface area (Å²) in [5.74, 6) is 0.548. The number of hydrogen-bond acceptors (Lipinski definition) is 6. The average molecular weight is 620 g/mol. The lowest BCUT2D eigenvalue weighted by molar-refractivity contribution is -0.114. The molecule has 5 rings (SSSR count). The monoisotopic (exact) mass is 619 g/mol. The molecule has 1 amide bonds. The van der Waals surface area contributed by atoms with Gasteiger partial charge in [-0.2, -0.15) is 4.31 Å². The molecule has 0 atom stereocenters. The van der Waals surface area contributed by atoms with Crippen molar-refractivity contribution in [1.82, 2.24) is 4.31 Å². The molecular weight excluding hydrogens is 587 g/mol. The van der Waals surface area contributed by atoms with Gasteiger partial charge in [0.15, 0.2) is 0 Å².